The van der Waals surface area contributed by atoms with E-state index in [9.17, 15) is 4.79 Å². The number of nitrogens with one attached hydrogen (secondary N) is 3. The molecule has 2 aromatic heterocycles. The number of thiophene rings is 1. The van der Waals surface area contributed by atoms with E-state index in [4.69, 9.17) is 0 Å². The summed E-state index contributed by atoms with van der Waals surface area (Å²) >= 11 is 5.48. The highest BCUT2D eigenvalue weighted by Gasteiger charge is 2.05. The number of aromatic nitrogens is 1. The summed E-state index contributed by atoms with van der Waals surface area (Å²) in [6, 6.07) is 11.4. The van der Waals surface area contributed by atoms with Crippen molar-refractivity contribution in [2.24, 2.45) is 0 Å². The van der Waals surface area contributed by atoms with E-state index in [0.29, 0.717) is 0 Å². The zero-order valence-electron chi connectivity index (χ0n) is 14.2. The first kappa shape index (κ1) is 18.2. The number of benzene rings is 1. The summed E-state index contributed by atoms with van der Waals surface area (Å²) in [5, 5.41) is 7.50. The fourth-order valence-electron chi connectivity index (χ4n) is 2.68. The summed E-state index contributed by atoms with van der Waals surface area (Å²) in [5.74, 6) is 0.775. The summed E-state index contributed by atoms with van der Waals surface area (Å²) < 4.78 is 1.20. The molecule has 0 unspecified atom stereocenters. The molecule has 4 nitrogen and oxygen atoms in total. The minimum Gasteiger partial charge on any atom is -0.371 e. The molecule has 0 bridgehead atoms. The minimum absolute atomic E-state index is 0.0456. The molecule has 0 amide bonds. The highest BCUT2D eigenvalue weighted by Crippen LogP contribution is 2.27. The third-order valence-electron chi connectivity index (χ3n) is 4.03. The summed E-state index contributed by atoms with van der Waals surface area (Å²) in [5.41, 5.74) is 0.911. The maximum absolute atomic E-state index is 12.1. The van der Waals surface area contributed by atoms with E-state index in [1.165, 1.54) is 14.2 Å². The summed E-state index contributed by atoms with van der Waals surface area (Å²) in [6.45, 7) is 4.81. The Kier molecular flexibility index (Phi) is 6.29. The maximum Gasteiger partial charge on any atom is 0.191 e. The third kappa shape index (κ3) is 4.71. The molecule has 0 spiro atoms. The zero-order chi connectivity index (χ0) is 17.6. The van der Waals surface area contributed by atoms with Crippen LogP contribution in [0.2, 0.25) is 0 Å². The Morgan fingerprint density at radius 3 is 2.84 bits per heavy atom. The molecule has 0 atom stereocenters. The fourth-order valence-corrected chi connectivity index (χ4v) is 4.46. The Morgan fingerprint density at radius 1 is 1.20 bits per heavy atom. The van der Waals surface area contributed by atoms with Gasteiger partial charge in [-0.15, -0.1) is 11.3 Å². The predicted molar refractivity (Wildman–Crippen MR) is 111 cm³/mol. The van der Waals surface area contributed by atoms with Crippen molar-refractivity contribution >= 4 is 44.0 Å². The van der Waals surface area contributed by atoms with E-state index in [2.05, 4.69) is 44.5 Å². The molecule has 3 rings (SSSR count). The lowest BCUT2D eigenvalue weighted by Crippen LogP contribution is -2.18. The molecule has 3 aromatic rings. The first-order valence-electron chi connectivity index (χ1n) is 8.51. The highest BCUT2D eigenvalue weighted by atomic mass is 79.9. The second kappa shape index (κ2) is 8.65. The lowest BCUT2D eigenvalue weighted by Gasteiger charge is -2.08. The van der Waals surface area contributed by atoms with Crippen molar-refractivity contribution < 1.29 is 0 Å². The first-order valence-corrected chi connectivity index (χ1v) is 10.1. The Labute approximate surface area is 159 Å². The average molecular weight is 420 g/mol. The van der Waals surface area contributed by atoms with Crippen LogP contribution < -0.4 is 16.1 Å². The van der Waals surface area contributed by atoms with Gasteiger partial charge in [-0.25, -0.2) is 0 Å². The van der Waals surface area contributed by atoms with Gasteiger partial charge in [-0.1, -0.05) is 19.1 Å². The van der Waals surface area contributed by atoms with Gasteiger partial charge in [-0.05, 0) is 53.5 Å². The van der Waals surface area contributed by atoms with Crippen molar-refractivity contribution in [1.29, 1.82) is 0 Å². The number of pyridine rings is 1. The molecule has 132 valence electrons. The van der Waals surface area contributed by atoms with Crippen molar-refractivity contribution in [2.75, 3.05) is 18.4 Å². The summed E-state index contributed by atoms with van der Waals surface area (Å²) in [4.78, 5) is 18.1. The van der Waals surface area contributed by atoms with Crippen molar-refractivity contribution in [3.63, 3.8) is 0 Å². The lowest BCUT2D eigenvalue weighted by atomic mass is 10.2. The quantitative estimate of drug-likeness (QED) is 0.470. The van der Waals surface area contributed by atoms with E-state index >= 15 is 0 Å². The monoisotopic (exact) mass is 419 g/mol. The molecule has 25 heavy (non-hydrogen) atoms. The predicted octanol–water partition coefficient (Wildman–Crippen LogP) is 4.51. The van der Waals surface area contributed by atoms with Crippen LogP contribution in [0.25, 0.3) is 10.9 Å². The molecule has 0 aliphatic carbocycles. The van der Waals surface area contributed by atoms with Gasteiger partial charge in [-0.2, -0.15) is 0 Å². The van der Waals surface area contributed by atoms with Gasteiger partial charge in [0.25, 0.3) is 0 Å². The summed E-state index contributed by atoms with van der Waals surface area (Å²) in [6.07, 6.45) is 2.07. The zero-order valence-corrected chi connectivity index (χ0v) is 16.6. The van der Waals surface area contributed by atoms with Crippen LogP contribution in [0.3, 0.4) is 0 Å². The van der Waals surface area contributed by atoms with Gasteiger partial charge >= 0.3 is 0 Å². The molecule has 6 heteroatoms. The van der Waals surface area contributed by atoms with E-state index in [1.54, 1.807) is 6.07 Å². The molecule has 1 aromatic carbocycles. The highest BCUT2D eigenvalue weighted by molar-refractivity contribution is 9.10. The van der Waals surface area contributed by atoms with Gasteiger partial charge in [0.1, 0.15) is 5.82 Å². The number of H-pyrrole nitrogens is 1. The van der Waals surface area contributed by atoms with Crippen LogP contribution in [-0.2, 0) is 13.0 Å². The Bertz CT molecular complexity index is 903. The number of aryl methyl sites for hydroxylation is 1. The molecule has 0 aliphatic rings. The largest absolute Gasteiger partial charge is 0.371 e. The van der Waals surface area contributed by atoms with Gasteiger partial charge < -0.3 is 15.6 Å². The average Bonchev–Trinajstić information content (AvgIpc) is 2.98. The Morgan fingerprint density at radius 2 is 2.04 bits per heavy atom. The van der Waals surface area contributed by atoms with Gasteiger partial charge in [0.05, 0.1) is 5.52 Å². The molecule has 0 saturated carbocycles. The summed E-state index contributed by atoms with van der Waals surface area (Å²) in [7, 11) is 0. The van der Waals surface area contributed by atoms with Crippen LogP contribution in [0.4, 0.5) is 5.82 Å². The molecule has 2 heterocycles. The second-order valence-electron chi connectivity index (χ2n) is 5.89. The van der Waals surface area contributed by atoms with Crippen LogP contribution in [0.5, 0.6) is 0 Å². The third-order valence-corrected chi connectivity index (χ3v) is 6.27. The molecule has 0 radical (unpaired) electrons. The van der Waals surface area contributed by atoms with Crippen molar-refractivity contribution in [3.8, 4) is 0 Å². The van der Waals surface area contributed by atoms with E-state index < -0.39 is 0 Å². The Balaban J connectivity index is 1.44. The fraction of sp³-hybridized carbons (Fsp3) is 0.316. The van der Waals surface area contributed by atoms with Crippen LogP contribution >= 0.6 is 27.3 Å². The Hall–Kier alpha value is -1.63. The number of hydrogen-bond donors (Lipinski definition) is 3. The number of anilines is 1. The van der Waals surface area contributed by atoms with E-state index in [1.807, 2.05) is 35.6 Å². The van der Waals surface area contributed by atoms with E-state index in [-0.39, 0.29) is 5.43 Å². The van der Waals surface area contributed by atoms with Crippen LogP contribution in [0.1, 0.15) is 23.1 Å². The number of para-hydroxylation sites is 1. The van der Waals surface area contributed by atoms with Crippen LogP contribution in [0.15, 0.2) is 45.7 Å². The van der Waals surface area contributed by atoms with Gasteiger partial charge in [0.15, 0.2) is 5.43 Å². The van der Waals surface area contributed by atoms with Crippen LogP contribution in [-0.4, -0.2) is 18.1 Å². The lowest BCUT2D eigenvalue weighted by molar-refractivity contribution is 0.667. The normalized spacial score (nSPS) is 11.1. The van der Waals surface area contributed by atoms with Crippen molar-refractivity contribution in [2.45, 2.75) is 26.3 Å². The number of hydrogen-bond acceptors (Lipinski definition) is 4. The SMILES string of the molecule is CCc1cc(Br)c(CNCCCNc2cc(=O)c3ccccc3[nH]2)s1. The molecular weight excluding hydrogens is 398 g/mol. The molecule has 0 fully saturated rings. The standard InChI is InChI=1S/C19H22BrN3OS/c1-2-13-10-15(20)18(25-13)12-21-8-5-9-22-19-11-17(24)14-6-3-4-7-16(14)23-19/h3-4,6-7,10-11,21H,2,5,8-9,12H2,1H3,(H2,22,23,24). The smallest absolute Gasteiger partial charge is 0.191 e. The first-order chi connectivity index (χ1) is 12.2. The van der Waals surface area contributed by atoms with E-state index in [0.717, 1.165) is 49.2 Å². The van der Waals surface area contributed by atoms with Gasteiger partial charge in [-0.3, -0.25) is 4.79 Å². The van der Waals surface area contributed by atoms with Crippen molar-refractivity contribution in [1.82, 2.24) is 10.3 Å². The maximum atomic E-state index is 12.1. The van der Waals surface area contributed by atoms with Crippen LogP contribution in [0, 0.1) is 0 Å². The molecule has 0 aliphatic heterocycles. The number of fused-ring (bicyclic) bond motifs is 1. The molecule has 0 saturated heterocycles. The molecular formula is C19H22BrN3OS. The topological polar surface area (TPSA) is 56.9 Å². The number of rotatable bonds is 8. The number of aromatic amines is 1. The second-order valence-corrected chi connectivity index (χ2v) is 7.96. The van der Waals surface area contributed by atoms with Gasteiger partial charge in [0, 0.05) is 38.8 Å². The minimum atomic E-state index is 0.0456. The number of halogens is 1. The molecule has 3 N–H and O–H groups in total. The van der Waals surface area contributed by atoms with Crippen molar-refractivity contribution in [3.05, 3.63) is 60.8 Å². The van der Waals surface area contributed by atoms with Gasteiger partial charge in [0.2, 0.25) is 0 Å².